The van der Waals surface area contributed by atoms with Crippen LogP contribution in [0, 0.1) is 5.82 Å². The van der Waals surface area contributed by atoms with Gasteiger partial charge in [0.05, 0.1) is 0 Å². The summed E-state index contributed by atoms with van der Waals surface area (Å²) in [6, 6.07) is 5.89. The Hall–Kier alpha value is -2.17. The third-order valence-corrected chi connectivity index (χ3v) is 2.16. The second-order valence-electron chi connectivity index (χ2n) is 3.99. The van der Waals surface area contributed by atoms with Crippen LogP contribution in [0.2, 0.25) is 0 Å². The zero-order valence-corrected chi connectivity index (χ0v) is 11.0. The van der Waals surface area contributed by atoms with E-state index in [1.54, 1.807) is 25.1 Å². The number of benzene rings is 1. The number of halogens is 1. The van der Waals surface area contributed by atoms with Crippen LogP contribution in [0.5, 0.6) is 0 Å². The summed E-state index contributed by atoms with van der Waals surface area (Å²) in [4.78, 5) is 21.9. The van der Waals surface area contributed by atoms with Crippen molar-refractivity contribution in [3.63, 3.8) is 0 Å². The van der Waals surface area contributed by atoms with Crippen molar-refractivity contribution in [2.24, 2.45) is 0 Å². The van der Waals surface area contributed by atoms with E-state index < -0.39 is 18.2 Å². The van der Waals surface area contributed by atoms with Crippen molar-refractivity contribution < 1.29 is 23.5 Å². The van der Waals surface area contributed by atoms with Gasteiger partial charge in [0.1, 0.15) is 5.82 Å². The minimum Gasteiger partial charge on any atom is -0.421 e. The Balaban J connectivity index is 2.94. The van der Waals surface area contributed by atoms with Crippen LogP contribution in [0.1, 0.15) is 26.3 Å². The maximum atomic E-state index is 13.0. The van der Waals surface area contributed by atoms with Crippen LogP contribution >= 0.6 is 0 Å². The van der Waals surface area contributed by atoms with E-state index in [0.717, 1.165) is 0 Å². The molecule has 1 rings (SSSR count). The lowest BCUT2D eigenvalue weighted by Gasteiger charge is -2.17. The Morgan fingerprint density at radius 3 is 2.21 bits per heavy atom. The molecule has 0 bridgehead atoms. The van der Waals surface area contributed by atoms with Crippen LogP contribution in [0.3, 0.4) is 0 Å². The fourth-order valence-corrected chi connectivity index (χ4v) is 1.44. The average Bonchev–Trinajstić information content (AvgIpc) is 2.26. The molecule has 0 saturated carbocycles. The molecular weight excluding hydrogens is 251 g/mol. The van der Waals surface area contributed by atoms with Gasteiger partial charge in [0.15, 0.2) is 0 Å². The topological polar surface area (TPSA) is 52.6 Å². The maximum Gasteiger partial charge on any atom is 0.305 e. The lowest BCUT2D eigenvalue weighted by atomic mass is 10.1. The first kappa shape index (κ1) is 14.9. The molecule has 0 aliphatic carbocycles. The summed E-state index contributed by atoms with van der Waals surface area (Å²) < 4.78 is 22.8. The number of hydrogen-bond donors (Lipinski definition) is 0. The summed E-state index contributed by atoms with van der Waals surface area (Å²) in [6.07, 6.45) is 0.484. The van der Waals surface area contributed by atoms with Crippen molar-refractivity contribution in [1.82, 2.24) is 0 Å². The lowest BCUT2D eigenvalue weighted by molar-refractivity contribution is -0.177. The number of ether oxygens (including phenoxy) is 2. The van der Waals surface area contributed by atoms with Crippen molar-refractivity contribution in [3.8, 4) is 0 Å². The summed E-state index contributed by atoms with van der Waals surface area (Å²) in [7, 11) is 0. The van der Waals surface area contributed by atoms with Crippen LogP contribution in [0.4, 0.5) is 4.39 Å². The average molecular weight is 266 g/mol. The molecule has 1 aromatic rings. The summed E-state index contributed by atoms with van der Waals surface area (Å²) in [5.41, 5.74) is 1.07. The first-order valence-electron chi connectivity index (χ1n) is 5.66. The molecule has 0 radical (unpaired) electrons. The van der Waals surface area contributed by atoms with Crippen LogP contribution in [0.25, 0.3) is 6.08 Å². The Kier molecular flexibility index (Phi) is 5.23. The molecule has 19 heavy (non-hydrogen) atoms. The number of esters is 2. The summed E-state index contributed by atoms with van der Waals surface area (Å²) in [6.45, 7) is 4.05. The number of carbonyl (C=O) groups excluding carboxylic acids is 2. The van der Waals surface area contributed by atoms with Gasteiger partial charge in [-0.2, -0.15) is 0 Å². The largest absolute Gasteiger partial charge is 0.421 e. The van der Waals surface area contributed by atoms with E-state index in [4.69, 9.17) is 9.47 Å². The van der Waals surface area contributed by atoms with Crippen LogP contribution in [0.15, 0.2) is 29.8 Å². The van der Waals surface area contributed by atoms with Crippen molar-refractivity contribution in [3.05, 3.63) is 41.2 Å². The van der Waals surface area contributed by atoms with E-state index in [1.807, 2.05) is 0 Å². The van der Waals surface area contributed by atoms with E-state index in [0.29, 0.717) is 11.1 Å². The molecule has 4 nitrogen and oxygen atoms in total. The zero-order chi connectivity index (χ0) is 14.4. The molecule has 0 aromatic heterocycles. The monoisotopic (exact) mass is 266 g/mol. The molecule has 1 aromatic carbocycles. The highest BCUT2D eigenvalue weighted by Gasteiger charge is 2.17. The maximum absolute atomic E-state index is 13.0. The minimum atomic E-state index is -1.10. The van der Waals surface area contributed by atoms with Crippen LogP contribution in [-0.2, 0) is 19.1 Å². The predicted octanol–water partition coefficient (Wildman–Crippen LogP) is 2.68. The first-order chi connectivity index (χ1) is 8.88. The van der Waals surface area contributed by atoms with Crippen LogP contribution < -0.4 is 0 Å². The number of hydrogen-bond acceptors (Lipinski definition) is 4. The molecule has 0 spiro atoms. The molecular formula is C14H15FO4. The first-order valence-corrected chi connectivity index (χ1v) is 5.66. The molecule has 102 valence electrons. The van der Waals surface area contributed by atoms with Gasteiger partial charge in [0, 0.05) is 19.4 Å². The van der Waals surface area contributed by atoms with E-state index in [1.165, 1.54) is 26.0 Å². The Morgan fingerprint density at radius 1 is 1.16 bits per heavy atom. The molecule has 0 N–H and O–H groups in total. The van der Waals surface area contributed by atoms with Gasteiger partial charge in [-0.15, -0.1) is 0 Å². The Bertz CT molecular complexity index is 492. The molecule has 0 unspecified atom stereocenters. The van der Waals surface area contributed by atoms with Gasteiger partial charge in [-0.25, -0.2) is 4.39 Å². The summed E-state index contributed by atoms with van der Waals surface area (Å²) in [5, 5.41) is 0. The van der Waals surface area contributed by atoms with E-state index in [2.05, 4.69) is 0 Å². The van der Waals surface area contributed by atoms with Gasteiger partial charge >= 0.3 is 11.9 Å². The molecule has 0 heterocycles. The van der Waals surface area contributed by atoms with Crippen molar-refractivity contribution in [1.29, 1.82) is 0 Å². The quantitative estimate of drug-likeness (QED) is 0.621. The fourth-order valence-electron chi connectivity index (χ4n) is 1.44. The van der Waals surface area contributed by atoms with Crippen LogP contribution in [-0.4, -0.2) is 18.2 Å². The number of rotatable bonds is 4. The molecule has 0 saturated heterocycles. The second kappa shape index (κ2) is 6.68. The van der Waals surface area contributed by atoms with Gasteiger partial charge in [-0.05, 0) is 30.7 Å². The Labute approximate surface area is 110 Å². The summed E-state index contributed by atoms with van der Waals surface area (Å²) >= 11 is 0. The molecule has 5 heteroatoms. The highest BCUT2D eigenvalue weighted by molar-refractivity contribution is 5.69. The summed E-state index contributed by atoms with van der Waals surface area (Å²) in [5.74, 6) is -1.52. The predicted molar refractivity (Wildman–Crippen MR) is 67.4 cm³/mol. The van der Waals surface area contributed by atoms with Crippen molar-refractivity contribution in [2.45, 2.75) is 27.1 Å². The minimum absolute atomic E-state index is 0.377. The third kappa shape index (κ3) is 5.33. The molecule has 0 aliphatic heterocycles. The van der Waals surface area contributed by atoms with Gasteiger partial charge in [0.2, 0.25) is 0 Å². The van der Waals surface area contributed by atoms with E-state index in [-0.39, 0.29) is 5.82 Å². The fraction of sp³-hybridized carbons (Fsp3) is 0.286. The molecule has 0 amide bonds. The standard InChI is InChI=1S/C14H15FO4/c1-9(7-12-5-4-6-13(15)8-12)14(18-10(2)16)19-11(3)17/h4-8,14H,1-3H3/b9-7+. The lowest BCUT2D eigenvalue weighted by Crippen LogP contribution is -2.23. The molecule has 0 fully saturated rings. The van der Waals surface area contributed by atoms with Gasteiger partial charge in [0.25, 0.3) is 6.29 Å². The zero-order valence-electron chi connectivity index (χ0n) is 11.0. The Morgan fingerprint density at radius 2 is 1.74 bits per heavy atom. The van der Waals surface area contributed by atoms with Crippen molar-refractivity contribution >= 4 is 18.0 Å². The van der Waals surface area contributed by atoms with E-state index >= 15 is 0 Å². The van der Waals surface area contributed by atoms with E-state index in [9.17, 15) is 14.0 Å². The number of carbonyl (C=O) groups is 2. The van der Waals surface area contributed by atoms with Gasteiger partial charge in [-0.1, -0.05) is 12.1 Å². The highest BCUT2D eigenvalue weighted by Crippen LogP contribution is 2.15. The smallest absolute Gasteiger partial charge is 0.305 e. The third-order valence-electron chi connectivity index (χ3n) is 2.16. The molecule has 0 atom stereocenters. The normalized spacial score (nSPS) is 11.3. The van der Waals surface area contributed by atoms with Crippen molar-refractivity contribution in [2.75, 3.05) is 0 Å². The SMILES string of the molecule is CC(=O)OC(OC(C)=O)/C(C)=C/c1cccc(F)c1. The molecule has 0 aliphatic rings. The van der Waals surface area contributed by atoms with Gasteiger partial charge in [-0.3, -0.25) is 9.59 Å². The highest BCUT2D eigenvalue weighted by atomic mass is 19.1. The second-order valence-corrected chi connectivity index (χ2v) is 3.99. The van der Waals surface area contributed by atoms with Gasteiger partial charge < -0.3 is 9.47 Å².